The van der Waals surface area contributed by atoms with Crippen LogP contribution in [0.1, 0.15) is 6.92 Å². The molecule has 9 heteroatoms. The molecule has 0 radical (unpaired) electrons. The topological polar surface area (TPSA) is 87.4 Å². The van der Waals surface area contributed by atoms with Crippen LogP contribution in [0.25, 0.3) is 28.1 Å². The number of aromatic nitrogens is 6. The lowest BCUT2D eigenvalue weighted by molar-refractivity contribution is 0.706. The minimum Gasteiger partial charge on any atom is -0.368 e. The van der Waals surface area contributed by atoms with Crippen LogP contribution >= 0.6 is 23.2 Å². The molecular weight excluding hydrogens is 361 g/mol. The Morgan fingerprint density at radius 2 is 2.00 bits per heavy atom. The van der Waals surface area contributed by atoms with Crippen LogP contribution in [0, 0.1) is 0 Å². The molecular formula is C16H13Cl2N7. The van der Waals surface area contributed by atoms with Gasteiger partial charge in [0.2, 0.25) is 11.9 Å². The second kappa shape index (κ2) is 6.02. The van der Waals surface area contributed by atoms with Gasteiger partial charge in [-0.3, -0.25) is 4.98 Å². The van der Waals surface area contributed by atoms with Crippen molar-refractivity contribution < 1.29 is 0 Å². The summed E-state index contributed by atoms with van der Waals surface area (Å²) in [6.07, 6.45) is 4.84. The van der Waals surface area contributed by atoms with Crippen molar-refractivity contribution in [2.24, 2.45) is 0 Å². The molecule has 0 aliphatic heterocycles. The second-order valence-electron chi connectivity index (χ2n) is 5.37. The molecule has 7 nitrogen and oxygen atoms in total. The number of rotatable bonds is 3. The highest BCUT2D eigenvalue weighted by molar-refractivity contribution is 6.35. The summed E-state index contributed by atoms with van der Waals surface area (Å²) in [4.78, 5) is 12.9. The van der Waals surface area contributed by atoms with Gasteiger partial charge in [0.15, 0.2) is 0 Å². The van der Waals surface area contributed by atoms with Gasteiger partial charge in [0.25, 0.3) is 0 Å². The van der Waals surface area contributed by atoms with Crippen molar-refractivity contribution in [1.29, 1.82) is 0 Å². The van der Waals surface area contributed by atoms with E-state index in [4.69, 9.17) is 28.9 Å². The number of fused-ring (bicyclic) bond motifs is 1. The molecule has 0 spiro atoms. The van der Waals surface area contributed by atoms with Crippen LogP contribution < -0.4 is 5.73 Å². The normalized spacial score (nSPS) is 11.3. The fraction of sp³-hybridized carbons (Fsp3) is 0.125. The Morgan fingerprint density at radius 1 is 1.16 bits per heavy atom. The first-order valence-electron chi connectivity index (χ1n) is 7.55. The van der Waals surface area contributed by atoms with Crippen LogP contribution in [0.2, 0.25) is 10.0 Å². The van der Waals surface area contributed by atoms with Crippen molar-refractivity contribution in [2.45, 2.75) is 13.5 Å². The molecule has 3 heterocycles. The molecule has 0 aliphatic rings. The number of hydrogen-bond donors (Lipinski definition) is 1. The van der Waals surface area contributed by atoms with E-state index in [9.17, 15) is 0 Å². The summed E-state index contributed by atoms with van der Waals surface area (Å²) in [5.74, 6) is 0.834. The maximum Gasteiger partial charge on any atom is 0.235 e. The highest BCUT2D eigenvalue weighted by Gasteiger charge is 2.19. The van der Waals surface area contributed by atoms with E-state index in [0.717, 1.165) is 16.6 Å². The van der Waals surface area contributed by atoms with Crippen molar-refractivity contribution >= 4 is 40.2 Å². The maximum absolute atomic E-state index is 6.39. The van der Waals surface area contributed by atoms with Crippen LogP contribution in [0.5, 0.6) is 0 Å². The van der Waals surface area contributed by atoms with E-state index < -0.39 is 0 Å². The number of aryl methyl sites for hydroxylation is 1. The largest absolute Gasteiger partial charge is 0.368 e. The van der Waals surface area contributed by atoms with E-state index in [2.05, 4.69) is 20.1 Å². The third-order valence-electron chi connectivity index (χ3n) is 3.93. The molecule has 3 aromatic heterocycles. The third kappa shape index (κ3) is 2.52. The molecule has 2 N–H and O–H groups in total. The number of imidazole rings is 1. The Labute approximate surface area is 153 Å². The molecule has 0 amide bonds. The van der Waals surface area contributed by atoms with Crippen LogP contribution in [0.4, 0.5) is 5.95 Å². The first kappa shape index (κ1) is 15.9. The zero-order valence-corrected chi connectivity index (χ0v) is 14.7. The summed E-state index contributed by atoms with van der Waals surface area (Å²) in [5, 5.41) is 5.34. The Morgan fingerprint density at radius 3 is 2.72 bits per heavy atom. The van der Waals surface area contributed by atoms with Gasteiger partial charge in [-0.25, -0.2) is 4.98 Å². The standard InChI is InChI=1S/C16H13Cl2N7/c1-2-24-14-11(10-5-9(17)3-4-12(10)18)6-20-7-13(14)23-16(24)25-15(19)21-8-22-25/h3-8H,2H2,1H3,(H2,19,21,22). The van der Waals surface area contributed by atoms with Gasteiger partial charge in [-0.15, -0.1) is 0 Å². The average molecular weight is 374 g/mol. The van der Waals surface area contributed by atoms with E-state index in [1.54, 1.807) is 24.5 Å². The molecule has 1 aromatic carbocycles. The summed E-state index contributed by atoms with van der Waals surface area (Å²) in [5.41, 5.74) is 9.11. The molecule has 0 saturated carbocycles. The predicted molar refractivity (Wildman–Crippen MR) is 98.0 cm³/mol. The Kier molecular flexibility index (Phi) is 3.82. The molecule has 0 bridgehead atoms. The van der Waals surface area contributed by atoms with Crippen molar-refractivity contribution in [3.05, 3.63) is 47.0 Å². The van der Waals surface area contributed by atoms with Crippen molar-refractivity contribution in [3.8, 4) is 17.1 Å². The number of nitrogen functional groups attached to an aromatic ring is 1. The number of nitrogens with two attached hydrogens (primary N) is 1. The summed E-state index contributed by atoms with van der Waals surface area (Å²) < 4.78 is 3.49. The molecule has 0 fully saturated rings. The van der Waals surface area contributed by atoms with Crippen LogP contribution in [0.15, 0.2) is 36.9 Å². The molecule has 0 atom stereocenters. The lowest BCUT2D eigenvalue weighted by atomic mass is 10.1. The number of nitrogens with zero attached hydrogens (tertiary/aromatic N) is 6. The molecule has 4 aromatic rings. The van der Waals surface area contributed by atoms with E-state index in [0.29, 0.717) is 28.1 Å². The number of hydrogen-bond acceptors (Lipinski definition) is 5. The summed E-state index contributed by atoms with van der Waals surface area (Å²) in [7, 11) is 0. The third-order valence-corrected chi connectivity index (χ3v) is 4.49. The fourth-order valence-electron chi connectivity index (χ4n) is 2.84. The molecule has 0 aliphatic carbocycles. The van der Waals surface area contributed by atoms with Crippen LogP contribution in [-0.2, 0) is 6.54 Å². The van der Waals surface area contributed by atoms with Gasteiger partial charge in [-0.05, 0) is 25.1 Å². The molecule has 0 unspecified atom stereocenters. The zero-order valence-electron chi connectivity index (χ0n) is 13.2. The van der Waals surface area contributed by atoms with Gasteiger partial charge in [-0.2, -0.15) is 14.8 Å². The Bertz CT molecular complexity index is 1080. The van der Waals surface area contributed by atoms with Gasteiger partial charge in [-0.1, -0.05) is 23.2 Å². The van der Waals surface area contributed by atoms with Gasteiger partial charge in [0.1, 0.15) is 11.8 Å². The number of benzene rings is 1. The number of anilines is 1. The molecule has 126 valence electrons. The van der Waals surface area contributed by atoms with Gasteiger partial charge in [0, 0.05) is 33.9 Å². The van der Waals surface area contributed by atoms with Crippen molar-refractivity contribution in [2.75, 3.05) is 5.73 Å². The molecule has 0 saturated heterocycles. The Hall–Kier alpha value is -2.64. The van der Waals surface area contributed by atoms with E-state index in [1.165, 1.54) is 11.0 Å². The van der Waals surface area contributed by atoms with Crippen LogP contribution in [0.3, 0.4) is 0 Å². The number of pyridine rings is 1. The number of halogens is 2. The van der Waals surface area contributed by atoms with E-state index in [-0.39, 0.29) is 5.95 Å². The monoisotopic (exact) mass is 373 g/mol. The SMILES string of the molecule is CCn1c(-n2ncnc2N)nc2cncc(-c3cc(Cl)ccc3Cl)c21. The smallest absolute Gasteiger partial charge is 0.235 e. The summed E-state index contributed by atoms with van der Waals surface area (Å²) in [6, 6.07) is 5.33. The predicted octanol–water partition coefficient (Wildman–Crippen LogP) is 3.59. The zero-order chi connectivity index (χ0) is 17.6. The average Bonchev–Trinajstić information content (AvgIpc) is 3.19. The summed E-state index contributed by atoms with van der Waals surface area (Å²) >= 11 is 12.6. The minimum atomic E-state index is 0.264. The second-order valence-corrected chi connectivity index (χ2v) is 6.21. The minimum absolute atomic E-state index is 0.264. The summed E-state index contributed by atoms with van der Waals surface area (Å²) in [6.45, 7) is 2.67. The van der Waals surface area contributed by atoms with Crippen molar-refractivity contribution in [1.82, 2.24) is 29.3 Å². The van der Waals surface area contributed by atoms with Gasteiger partial charge >= 0.3 is 0 Å². The van der Waals surface area contributed by atoms with E-state index >= 15 is 0 Å². The molecule has 25 heavy (non-hydrogen) atoms. The highest BCUT2D eigenvalue weighted by atomic mass is 35.5. The fourth-order valence-corrected chi connectivity index (χ4v) is 3.23. The van der Waals surface area contributed by atoms with Crippen molar-refractivity contribution in [3.63, 3.8) is 0 Å². The Balaban J connectivity index is 2.06. The molecule has 4 rings (SSSR count). The van der Waals surface area contributed by atoms with E-state index in [1.807, 2.05) is 17.6 Å². The van der Waals surface area contributed by atoms with Gasteiger partial charge in [0.05, 0.1) is 11.7 Å². The maximum atomic E-state index is 6.39. The van der Waals surface area contributed by atoms with Crippen LogP contribution in [-0.4, -0.2) is 29.3 Å². The lowest BCUT2D eigenvalue weighted by Crippen LogP contribution is -2.10. The van der Waals surface area contributed by atoms with Gasteiger partial charge < -0.3 is 10.3 Å². The lowest BCUT2D eigenvalue weighted by Gasteiger charge is -2.10. The highest BCUT2D eigenvalue weighted by Crippen LogP contribution is 2.35. The first-order chi connectivity index (χ1) is 12.1. The quantitative estimate of drug-likeness (QED) is 0.592. The first-order valence-corrected chi connectivity index (χ1v) is 8.31.